The van der Waals surface area contributed by atoms with Gasteiger partial charge in [-0.2, -0.15) is 4.98 Å². The van der Waals surface area contributed by atoms with Crippen LogP contribution >= 0.6 is 0 Å². The molecule has 0 aliphatic heterocycles. The fourth-order valence-electron chi connectivity index (χ4n) is 0.781. The second-order valence-corrected chi connectivity index (χ2v) is 3.16. The Morgan fingerprint density at radius 3 is 2.42 bits per heavy atom. The summed E-state index contributed by atoms with van der Waals surface area (Å²) >= 11 is 0. The Bertz CT molecular complexity index is 244. The van der Waals surface area contributed by atoms with Crippen molar-refractivity contribution in [3.63, 3.8) is 0 Å². The molecule has 0 saturated heterocycles. The molecule has 0 saturated carbocycles. The molecule has 4 nitrogen and oxygen atoms in total. The van der Waals surface area contributed by atoms with Crippen molar-refractivity contribution in [2.24, 2.45) is 0 Å². The fraction of sp³-hybridized carbons (Fsp3) is 0.750. The Balaban J connectivity index is 2.77. The van der Waals surface area contributed by atoms with Crippen LogP contribution in [0.15, 0.2) is 4.52 Å². The van der Waals surface area contributed by atoms with Crippen molar-refractivity contribution in [2.45, 2.75) is 32.7 Å². The van der Waals surface area contributed by atoms with Gasteiger partial charge in [0.25, 0.3) is 0 Å². The van der Waals surface area contributed by atoms with Crippen LogP contribution in [0.4, 0.5) is 0 Å². The molecule has 0 bridgehead atoms. The van der Waals surface area contributed by atoms with Gasteiger partial charge in [-0.15, -0.1) is 0 Å². The van der Waals surface area contributed by atoms with Gasteiger partial charge in [-0.05, 0) is 14.0 Å². The van der Waals surface area contributed by atoms with Crippen molar-refractivity contribution in [3.8, 4) is 0 Å². The quantitative estimate of drug-likeness (QED) is 0.744. The third-order valence-corrected chi connectivity index (χ3v) is 1.78. The Labute approximate surface area is 72.4 Å². The van der Waals surface area contributed by atoms with Crippen LogP contribution in [0.25, 0.3) is 0 Å². The zero-order valence-electron chi connectivity index (χ0n) is 7.96. The molecule has 68 valence electrons. The predicted octanol–water partition coefficient (Wildman–Crippen LogP) is 1.47. The average Bonchev–Trinajstić information content (AvgIpc) is 2.51. The summed E-state index contributed by atoms with van der Waals surface area (Å²) in [5.41, 5.74) is 0. The highest BCUT2D eigenvalue weighted by molar-refractivity contribution is 4.94. The average molecular weight is 169 g/mol. The lowest BCUT2D eigenvalue weighted by molar-refractivity contribution is 0.342. The highest BCUT2D eigenvalue weighted by Crippen LogP contribution is 2.13. The van der Waals surface area contributed by atoms with Gasteiger partial charge in [-0.1, -0.05) is 19.0 Å². The molecule has 0 aliphatic carbocycles. The standard InChI is InChI=1S/C8H15N3O/c1-5(2)7-10-8(12-11-7)6(3)9-4/h5-6,9H,1-4H3. The third kappa shape index (κ3) is 1.82. The van der Waals surface area contributed by atoms with E-state index < -0.39 is 0 Å². The molecule has 0 aromatic carbocycles. The minimum atomic E-state index is 0.130. The molecule has 0 radical (unpaired) electrons. The number of aromatic nitrogens is 2. The Hall–Kier alpha value is -0.900. The Morgan fingerprint density at radius 1 is 1.33 bits per heavy atom. The highest BCUT2D eigenvalue weighted by Gasteiger charge is 2.13. The van der Waals surface area contributed by atoms with Crippen LogP contribution in [0.3, 0.4) is 0 Å². The number of nitrogens with zero attached hydrogens (tertiary/aromatic N) is 2. The van der Waals surface area contributed by atoms with E-state index in [2.05, 4.69) is 15.5 Å². The molecule has 0 fully saturated rings. The molecule has 12 heavy (non-hydrogen) atoms. The van der Waals surface area contributed by atoms with Crippen LogP contribution < -0.4 is 5.32 Å². The van der Waals surface area contributed by atoms with E-state index in [1.807, 2.05) is 27.8 Å². The third-order valence-electron chi connectivity index (χ3n) is 1.78. The molecule has 0 spiro atoms. The van der Waals surface area contributed by atoms with Crippen molar-refractivity contribution < 1.29 is 4.52 Å². The number of nitrogens with one attached hydrogen (secondary N) is 1. The summed E-state index contributed by atoms with van der Waals surface area (Å²) in [5, 5.41) is 6.90. The van der Waals surface area contributed by atoms with E-state index in [1.54, 1.807) is 0 Å². The second kappa shape index (κ2) is 3.67. The van der Waals surface area contributed by atoms with E-state index in [-0.39, 0.29) is 6.04 Å². The maximum Gasteiger partial charge on any atom is 0.243 e. The zero-order chi connectivity index (χ0) is 9.14. The molecule has 1 aromatic rings. The van der Waals surface area contributed by atoms with Crippen molar-refractivity contribution in [3.05, 3.63) is 11.7 Å². The molecule has 1 unspecified atom stereocenters. The molecule has 1 rings (SSSR count). The van der Waals surface area contributed by atoms with Crippen molar-refractivity contribution in [2.75, 3.05) is 7.05 Å². The maximum atomic E-state index is 5.06. The maximum absolute atomic E-state index is 5.06. The molecule has 4 heteroatoms. The van der Waals surface area contributed by atoms with Gasteiger partial charge >= 0.3 is 0 Å². The van der Waals surface area contributed by atoms with Crippen molar-refractivity contribution in [1.82, 2.24) is 15.5 Å². The van der Waals surface area contributed by atoms with Gasteiger partial charge in [0.05, 0.1) is 6.04 Å². The van der Waals surface area contributed by atoms with Gasteiger partial charge in [-0.25, -0.2) is 0 Å². The number of rotatable bonds is 3. The van der Waals surface area contributed by atoms with Gasteiger partial charge < -0.3 is 9.84 Å². The molecule has 1 atom stereocenters. The van der Waals surface area contributed by atoms with E-state index in [0.717, 1.165) is 5.82 Å². The summed E-state index contributed by atoms with van der Waals surface area (Å²) in [7, 11) is 1.86. The monoisotopic (exact) mass is 169 g/mol. The lowest BCUT2D eigenvalue weighted by atomic mass is 10.2. The highest BCUT2D eigenvalue weighted by atomic mass is 16.5. The molecule has 1 heterocycles. The summed E-state index contributed by atoms with van der Waals surface area (Å²) in [5.74, 6) is 1.75. The lowest BCUT2D eigenvalue weighted by Crippen LogP contribution is -2.12. The van der Waals surface area contributed by atoms with Crippen LogP contribution in [-0.4, -0.2) is 17.2 Å². The largest absolute Gasteiger partial charge is 0.338 e. The SMILES string of the molecule is CNC(C)c1nc(C(C)C)no1. The molecular formula is C8H15N3O. The van der Waals surface area contributed by atoms with Crippen molar-refractivity contribution >= 4 is 0 Å². The first kappa shape index (κ1) is 9.19. The molecule has 1 aromatic heterocycles. The van der Waals surface area contributed by atoms with Gasteiger partial charge in [0.2, 0.25) is 5.89 Å². The zero-order valence-corrected chi connectivity index (χ0v) is 7.96. The van der Waals surface area contributed by atoms with E-state index >= 15 is 0 Å². The molecule has 1 N–H and O–H groups in total. The minimum absolute atomic E-state index is 0.130. The topological polar surface area (TPSA) is 51.0 Å². The molecule has 0 amide bonds. The van der Waals surface area contributed by atoms with E-state index in [4.69, 9.17) is 4.52 Å². The van der Waals surface area contributed by atoms with Gasteiger partial charge in [0.15, 0.2) is 5.82 Å². The van der Waals surface area contributed by atoms with Crippen molar-refractivity contribution in [1.29, 1.82) is 0 Å². The molecule has 0 aliphatic rings. The normalized spacial score (nSPS) is 13.8. The summed E-state index contributed by atoms with van der Waals surface area (Å²) in [6.45, 7) is 6.06. The first-order valence-corrected chi connectivity index (χ1v) is 4.16. The first-order chi connectivity index (χ1) is 5.65. The Morgan fingerprint density at radius 2 is 2.00 bits per heavy atom. The van der Waals surface area contributed by atoms with E-state index in [0.29, 0.717) is 11.8 Å². The summed E-state index contributed by atoms with van der Waals surface area (Å²) < 4.78 is 5.06. The summed E-state index contributed by atoms with van der Waals surface area (Å²) in [6, 6.07) is 0.130. The van der Waals surface area contributed by atoms with Gasteiger partial charge in [0.1, 0.15) is 0 Å². The first-order valence-electron chi connectivity index (χ1n) is 4.16. The lowest BCUT2D eigenvalue weighted by Gasteiger charge is -2.01. The van der Waals surface area contributed by atoms with Crippen LogP contribution in [0.5, 0.6) is 0 Å². The minimum Gasteiger partial charge on any atom is -0.338 e. The van der Waals surface area contributed by atoms with Crippen LogP contribution in [0, 0.1) is 0 Å². The van der Waals surface area contributed by atoms with Gasteiger partial charge in [0, 0.05) is 5.92 Å². The predicted molar refractivity (Wildman–Crippen MR) is 45.9 cm³/mol. The number of hydrogen-bond donors (Lipinski definition) is 1. The van der Waals surface area contributed by atoms with Gasteiger partial charge in [-0.3, -0.25) is 0 Å². The summed E-state index contributed by atoms with van der Waals surface area (Å²) in [4.78, 5) is 4.24. The fourth-order valence-corrected chi connectivity index (χ4v) is 0.781. The summed E-state index contributed by atoms with van der Waals surface area (Å²) in [6.07, 6.45) is 0. The number of hydrogen-bond acceptors (Lipinski definition) is 4. The molecular weight excluding hydrogens is 154 g/mol. The van der Waals surface area contributed by atoms with Crippen LogP contribution in [0.1, 0.15) is 44.4 Å². The van der Waals surface area contributed by atoms with E-state index in [1.165, 1.54) is 0 Å². The van der Waals surface area contributed by atoms with E-state index in [9.17, 15) is 0 Å². The smallest absolute Gasteiger partial charge is 0.243 e. The Kier molecular flexibility index (Phi) is 2.81. The second-order valence-electron chi connectivity index (χ2n) is 3.16. The van der Waals surface area contributed by atoms with Crippen LogP contribution in [0.2, 0.25) is 0 Å². The van der Waals surface area contributed by atoms with Crippen LogP contribution in [-0.2, 0) is 0 Å².